The predicted octanol–water partition coefficient (Wildman–Crippen LogP) is 3.75. The van der Waals surface area contributed by atoms with E-state index in [1.54, 1.807) is 30.3 Å². The SMILES string of the molecule is CC(=O)Cc1ccc2c([C](F)F)cccc2c1. The van der Waals surface area contributed by atoms with Gasteiger partial charge in [-0.1, -0.05) is 36.4 Å². The highest BCUT2D eigenvalue weighted by Crippen LogP contribution is 2.27. The van der Waals surface area contributed by atoms with Crippen LogP contribution in [0.25, 0.3) is 10.8 Å². The lowest BCUT2D eigenvalue weighted by molar-refractivity contribution is -0.116. The van der Waals surface area contributed by atoms with Crippen molar-refractivity contribution in [2.75, 3.05) is 0 Å². The predicted molar refractivity (Wildman–Crippen MR) is 62.9 cm³/mol. The molecule has 0 saturated heterocycles. The van der Waals surface area contributed by atoms with E-state index in [0.717, 1.165) is 10.9 Å². The summed E-state index contributed by atoms with van der Waals surface area (Å²) in [6.07, 6.45) is -1.35. The van der Waals surface area contributed by atoms with Gasteiger partial charge in [-0.3, -0.25) is 4.79 Å². The maximum absolute atomic E-state index is 12.7. The molecular weight excluding hydrogens is 222 g/mol. The number of carbonyl (C=O) groups excluding carboxylic acids is 1. The Bertz CT molecular complexity index is 561. The summed E-state index contributed by atoms with van der Waals surface area (Å²) in [6.45, 7) is 1.51. The molecule has 0 atom stereocenters. The van der Waals surface area contributed by atoms with Crippen molar-refractivity contribution >= 4 is 16.6 Å². The second kappa shape index (κ2) is 4.62. The standard InChI is InChI=1S/C14H11F2O/c1-9(17)7-10-5-6-12-11(8-10)3-2-4-13(12)14(15)16/h2-6,8H,7H2,1H3. The van der Waals surface area contributed by atoms with Crippen LogP contribution >= 0.6 is 0 Å². The Labute approximate surface area is 98.1 Å². The maximum Gasteiger partial charge on any atom is 0.340 e. The van der Waals surface area contributed by atoms with Crippen molar-refractivity contribution in [3.63, 3.8) is 0 Å². The van der Waals surface area contributed by atoms with E-state index in [9.17, 15) is 13.6 Å². The molecule has 0 N–H and O–H groups in total. The zero-order valence-electron chi connectivity index (χ0n) is 9.34. The summed E-state index contributed by atoms with van der Waals surface area (Å²) in [4.78, 5) is 11.0. The summed E-state index contributed by atoms with van der Waals surface area (Å²) < 4.78 is 25.3. The van der Waals surface area contributed by atoms with Gasteiger partial charge in [0.2, 0.25) is 0 Å². The number of benzene rings is 2. The van der Waals surface area contributed by atoms with Crippen LogP contribution < -0.4 is 0 Å². The van der Waals surface area contributed by atoms with Crippen LogP contribution in [0.5, 0.6) is 0 Å². The topological polar surface area (TPSA) is 17.1 Å². The second-order valence-corrected chi connectivity index (χ2v) is 4.00. The third-order valence-electron chi connectivity index (χ3n) is 2.60. The minimum atomic E-state index is -1.69. The molecule has 17 heavy (non-hydrogen) atoms. The van der Waals surface area contributed by atoms with Crippen molar-refractivity contribution in [2.24, 2.45) is 0 Å². The zero-order chi connectivity index (χ0) is 12.4. The fraction of sp³-hybridized carbons (Fsp3) is 0.143. The number of hydrogen-bond donors (Lipinski definition) is 0. The fourth-order valence-corrected chi connectivity index (χ4v) is 1.90. The largest absolute Gasteiger partial charge is 0.340 e. The van der Waals surface area contributed by atoms with Crippen LogP contribution in [0.4, 0.5) is 8.78 Å². The van der Waals surface area contributed by atoms with Gasteiger partial charge in [-0.25, -0.2) is 0 Å². The summed E-state index contributed by atoms with van der Waals surface area (Å²) in [5.41, 5.74) is 0.804. The monoisotopic (exact) mass is 233 g/mol. The Morgan fingerprint density at radius 3 is 2.59 bits per heavy atom. The lowest BCUT2D eigenvalue weighted by atomic mass is 10.0. The first kappa shape index (κ1) is 11.7. The van der Waals surface area contributed by atoms with Crippen molar-refractivity contribution in [1.29, 1.82) is 0 Å². The van der Waals surface area contributed by atoms with Crippen LogP contribution in [-0.2, 0) is 11.2 Å². The van der Waals surface area contributed by atoms with Crippen molar-refractivity contribution < 1.29 is 13.6 Å². The molecule has 0 aliphatic carbocycles. The minimum Gasteiger partial charge on any atom is -0.300 e. The average Bonchev–Trinajstić information content (AvgIpc) is 2.26. The van der Waals surface area contributed by atoms with E-state index >= 15 is 0 Å². The van der Waals surface area contributed by atoms with Crippen LogP contribution in [0.2, 0.25) is 0 Å². The van der Waals surface area contributed by atoms with Gasteiger partial charge in [0.05, 0.1) is 0 Å². The van der Waals surface area contributed by atoms with Crippen LogP contribution in [-0.4, -0.2) is 5.78 Å². The van der Waals surface area contributed by atoms with Crippen LogP contribution in [0, 0.1) is 6.43 Å². The van der Waals surface area contributed by atoms with Gasteiger partial charge in [0, 0.05) is 12.0 Å². The highest BCUT2D eigenvalue weighted by atomic mass is 19.3. The van der Waals surface area contributed by atoms with Gasteiger partial charge in [-0.2, -0.15) is 8.78 Å². The molecular formula is C14H11F2O. The fourth-order valence-electron chi connectivity index (χ4n) is 1.90. The molecule has 2 aromatic rings. The lowest BCUT2D eigenvalue weighted by Crippen LogP contribution is -1.96. The highest BCUT2D eigenvalue weighted by molar-refractivity contribution is 5.88. The van der Waals surface area contributed by atoms with Crippen molar-refractivity contribution in [3.05, 3.63) is 54.0 Å². The Morgan fingerprint density at radius 1 is 1.18 bits per heavy atom. The zero-order valence-corrected chi connectivity index (χ0v) is 9.34. The third kappa shape index (κ3) is 2.49. The molecule has 0 aliphatic heterocycles. The molecule has 1 radical (unpaired) electrons. The first-order valence-corrected chi connectivity index (χ1v) is 5.27. The van der Waals surface area contributed by atoms with Crippen molar-refractivity contribution in [3.8, 4) is 0 Å². The Morgan fingerprint density at radius 2 is 1.94 bits per heavy atom. The van der Waals surface area contributed by atoms with Gasteiger partial charge < -0.3 is 0 Å². The van der Waals surface area contributed by atoms with E-state index in [2.05, 4.69) is 0 Å². The van der Waals surface area contributed by atoms with E-state index in [4.69, 9.17) is 0 Å². The maximum atomic E-state index is 12.7. The quantitative estimate of drug-likeness (QED) is 0.789. The number of ketones is 1. The van der Waals surface area contributed by atoms with Crippen LogP contribution in [0.1, 0.15) is 18.1 Å². The highest BCUT2D eigenvalue weighted by Gasteiger charge is 2.13. The van der Waals surface area contributed by atoms with Crippen LogP contribution in [0.15, 0.2) is 36.4 Å². The Kier molecular flexibility index (Phi) is 3.18. The van der Waals surface area contributed by atoms with Gasteiger partial charge >= 0.3 is 6.43 Å². The molecule has 0 aliphatic rings. The number of rotatable bonds is 3. The second-order valence-electron chi connectivity index (χ2n) is 4.00. The Hall–Kier alpha value is -1.77. The number of hydrogen-bond acceptors (Lipinski definition) is 1. The first-order valence-electron chi connectivity index (χ1n) is 5.27. The molecule has 0 saturated carbocycles. The molecule has 0 amide bonds. The molecule has 0 spiro atoms. The molecule has 0 unspecified atom stereocenters. The molecule has 0 bridgehead atoms. The summed E-state index contributed by atoms with van der Waals surface area (Å²) >= 11 is 0. The lowest BCUT2D eigenvalue weighted by Gasteiger charge is -2.06. The summed E-state index contributed by atoms with van der Waals surface area (Å²) in [6, 6.07) is 9.89. The molecule has 1 nitrogen and oxygen atoms in total. The summed E-state index contributed by atoms with van der Waals surface area (Å²) in [5.74, 6) is 0.0590. The molecule has 0 heterocycles. The van der Waals surface area contributed by atoms with E-state index < -0.39 is 6.43 Å². The third-order valence-corrected chi connectivity index (χ3v) is 2.60. The number of carbonyl (C=O) groups is 1. The summed E-state index contributed by atoms with van der Waals surface area (Å²) in [5, 5.41) is 1.24. The molecule has 2 rings (SSSR count). The summed E-state index contributed by atoms with van der Waals surface area (Å²) in [7, 11) is 0. The number of Topliss-reactive ketones (excluding diaryl/α,β-unsaturated/α-hetero) is 1. The molecule has 87 valence electrons. The Balaban J connectivity index is 2.53. The number of fused-ring (bicyclic) bond motifs is 1. The van der Waals surface area contributed by atoms with Gasteiger partial charge in [-0.15, -0.1) is 0 Å². The van der Waals surface area contributed by atoms with E-state index in [0.29, 0.717) is 11.8 Å². The first-order chi connectivity index (χ1) is 8.08. The van der Waals surface area contributed by atoms with Gasteiger partial charge in [-0.05, 0) is 23.3 Å². The molecule has 3 heteroatoms. The van der Waals surface area contributed by atoms with Gasteiger partial charge in [0.25, 0.3) is 0 Å². The molecule has 0 fully saturated rings. The molecule has 2 aromatic carbocycles. The van der Waals surface area contributed by atoms with E-state index in [1.807, 2.05) is 0 Å². The van der Waals surface area contributed by atoms with E-state index in [-0.39, 0.29) is 11.3 Å². The molecule has 0 aromatic heterocycles. The van der Waals surface area contributed by atoms with Gasteiger partial charge in [0.15, 0.2) is 0 Å². The normalized spacial score (nSPS) is 11.1. The van der Waals surface area contributed by atoms with E-state index in [1.165, 1.54) is 13.0 Å². The number of halogens is 2. The smallest absolute Gasteiger partial charge is 0.300 e. The minimum absolute atomic E-state index is 0.0446. The van der Waals surface area contributed by atoms with Gasteiger partial charge in [0.1, 0.15) is 5.78 Å². The van der Waals surface area contributed by atoms with Crippen molar-refractivity contribution in [2.45, 2.75) is 13.3 Å². The average molecular weight is 233 g/mol. The van der Waals surface area contributed by atoms with Crippen molar-refractivity contribution in [1.82, 2.24) is 0 Å². The van der Waals surface area contributed by atoms with Crippen LogP contribution in [0.3, 0.4) is 0 Å².